The maximum Gasteiger partial charge on any atom is 0.130 e. The van der Waals surface area contributed by atoms with E-state index >= 15 is 0 Å². The molecule has 1 saturated heterocycles. The van der Waals surface area contributed by atoms with Crippen molar-refractivity contribution in [3.05, 3.63) is 102 Å². The molecule has 28 heavy (non-hydrogen) atoms. The largest absolute Gasteiger partial charge is 0.497 e. The van der Waals surface area contributed by atoms with Gasteiger partial charge >= 0.3 is 0 Å². The quantitative estimate of drug-likeness (QED) is 0.686. The first-order valence-corrected chi connectivity index (χ1v) is 9.92. The second-order valence-electron chi connectivity index (χ2n) is 7.48. The van der Waals surface area contributed by atoms with E-state index in [9.17, 15) is 5.11 Å². The van der Waals surface area contributed by atoms with E-state index in [1.165, 1.54) is 5.56 Å². The van der Waals surface area contributed by atoms with Crippen LogP contribution in [0.5, 0.6) is 5.75 Å². The number of benzene rings is 3. The van der Waals surface area contributed by atoms with Crippen molar-refractivity contribution < 1.29 is 9.84 Å². The fourth-order valence-electron chi connectivity index (χ4n) is 4.39. The molecule has 1 heterocycles. The van der Waals surface area contributed by atoms with Crippen LogP contribution in [0.1, 0.15) is 29.5 Å². The predicted molar refractivity (Wildman–Crippen MR) is 112 cm³/mol. The minimum Gasteiger partial charge on any atom is -0.497 e. The minimum atomic E-state index is -1.04. The first-order valence-electron chi connectivity index (χ1n) is 9.92. The van der Waals surface area contributed by atoms with Gasteiger partial charge in [-0.3, -0.25) is 4.90 Å². The molecule has 1 aliphatic rings. The van der Waals surface area contributed by atoms with Gasteiger partial charge in [0.1, 0.15) is 11.4 Å². The van der Waals surface area contributed by atoms with Crippen LogP contribution in [0.15, 0.2) is 84.9 Å². The molecule has 1 fully saturated rings. The lowest BCUT2D eigenvalue weighted by Crippen LogP contribution is -2.48. The average Bonchev–Trinajstić information content (AvgIpc) is 3.23. The van der Waals surface area contributed by atoms with E-state index in [1.54, 1.807) is 7.11 Å². The molecule has 3 nitrogen and oxygen atoms in total. The van der Waals surface area contributed by atoms with E-state index in [0.717, 1.165) is 42.8 Å². The second-order valence-corrected chi connectivity index (χ2v) is 7.48. The van der Waals surface area contributed by atoms with Gasteiger partial charge in [-0.25, -0.2) is 0 Å². The second kappa shape index (κ2) is 8.17. The van der Waals surface area contributed by atoms with Crippen molar-refractivity contribution in [2.24, 2.45) is 0 Å². The Balaban J connectivity index is 1.69. The number of aliphatic hydroxyl groups is 1. The lowest BCUT2D eigenvalue weighted by atomic mass is 9.79. The smallest absolute Gasteiger partial charge is 0.130 e. The third-order valence-corrected chi connectivity index (χ3v) is 5.82. The van der Waals surface area contributed by atoms with Crippen LogP contribution >= 0.6 is 0 Å². The monoisotopic (exact) mass is 373 g/mol. The topological polar surface area (TPSA) is 32.7 Å². The number of methoxy groups -OCH3 is 1. The lowest BCUT2D eigenvalue weighted by Gasteiger charge is -2.40. The number of rotatable bonds is 6. The zero-order valence-electron chi connectivity index (χ0n) is 16.3. The van der Waals surface area contributed by atoms with Gasteiger partial charge < -0.3 is 9.84 Å². The summed E-state index contributed by atoms with van der Waals surface area (Å²) in [5, 5.41) is 12.1. The van der Waals surface area contributed by atoms with Crippen molar-refractivity contribution in [1.82, 2.24) is 4.90 Å². The highest BCUT2D eigenvalue weighted by Crippen LogP contribution is 2.40. The minimum absolute atomic E-state index is 0.0272. The van der Waals surface area contributed by atoms with E-state index in [1.807, 2.05) is 72.8 Å². The van der Waals surface area contributed by atoms with Gasteiger partial charge in [-0.1, -0.05) is 72.8 Å². The van der Waals surface area contributed by atoms with Gasteiger partial charge in [-0.15, -0.1) is 0 Å². The zero-order chi connectivity index (χ0) is 19.4. The molecule has 144 valence electrons. The molecular weight excluding hydrogens is 346 g/mol. The summed E-state index contributed by atoms with van der Waals surface area (Å²) in [6, 6.07) is 28.4. The summed E-state index contributed by atoms with van der Waals surface area (Å²) in [6.07, 6.45) is 2.05. The van der Waals surface area contributed by atoms with Crippen molar-refractivity contribution in [2.45, 2.75) is 31.0 Å². The molecule has 0 spiro atoms. The van der Waals surface area contributed by atoms with Crippen LogP contribution < -0.4 is 4.74 Å². The van der Waals surface area contributed by atoms with Crippen LogP contribution in [0.4, 0.5) is 0 Å². The lowest BCUT2D eigenvalue weighted by molar-refractivity contribution is -0.00653. The SMILES string of the molecule is COc1ccc(CN2CCCC2C(O)(c2ccccc2)c2ccccc2)cc1. The van der Waals surface area contributed by atoms with Gasteiger partial charge in [-0.05, 0) is 48.2 Å². The molecule has 4 rings (SSSR count). The highest BCUT2D eigenvalue weighted by molar-refractivity contribution is 5.39. The Kier molecular flexibility index (Phi) is 5.47. The molecule has 3 aromatic rings. The van der Waals surface area contributed by atoms with E-state index in [2.05, 4.69) is 17.0 Å². The van der Waals surface area contributed by atoms with Gasteiger partial charge in [0.15, 0.2) is 0 Å². The Labute approximate surface area is 167 Å². The first kappa shape index (κ1) is 18.7. The molecule has 0 aromatic heterocycles. The average molecular weight is 373 g/mol. The highest BCUT2D eigenvalue weighted by Gasteiger charge is 2.45. The number of ether oxygens (including phenoxy) is 1. The highest BCUT2D eigenvalue weighted by atomic mass is 16.5. The predicted octanol–water partition coefficient (Wildman–Crippen LogP) is 4.60. The summed E-state index contributed by atoms with van der Waals surface area (Å²) in [4.78, 5) is 2.42. The Morgan fingerprint density at radius 3 is 2.00 bits per heavy atom. The van der Waals surface area contributed by atoms with Crippen molar-refractivity contribution in [2.75, 3.05) is 13.7 Å². The van der Waals surface area contributed by atoms with Crippen LogP contribution in [0.3, 0.4) is 0 Å². The molecule has 3 aromatic carbocycles. The zero-order valence-corrected chi connectivity index (χ0v) is 16.3. The number of hydrogen-bond acceptors (Lipinski definition) is 3. The Hall–Kier alpha value is -2.62. The van der Waals surface area contributed by atoms with Crippen LogP contribution in [-0.2, 0) is 12.1 Å². The summed E-state index contributed by atoms with van der Waals surface area (Å²) in [6.45, 7) is 1.80. The van der Waals surface area contributed by atoms with E-state index in [0.29, 0.717) is 0 Å². The number of likely N-dealkylation sites (tertiary alicyclic amines) is 1. The number of nitrogens with zero attached hydrogens (tertiary/aromatic N) is 1. The maximum absolute atomic E-state index is 12.1. The third-order valence-electron chi connectivity index (χ3n) is 5.82. The molecule has 1 unspecified atom stereocenters. The molecule has 1 atom stereocenters. The molecule has 0 amide bonds. The van der Waals surface area contributed by atoms with Crippen molar-refractivity contribution in [1.29, 1.82) is 0 Å². The fraction of sp³-hybridized carbons (Fsp3) is 0.280. The van der Waals surface area contributed by atoms with E-state index < -0.39 is 5.60 Å². The first-order chi connectivity index (χ1) is 13.7. The van der Waals surface area contributed by atoms with Gasteiger partial charge in [-0.2, -0.15) is 0 Å². The Bertz CT molecular complexity index is 838. The van der Waals surface area contributed by atoms with Crippen molar-refractivity contribution >= 4 is 0 Å². The van der Waals surface area contributed by atoms with Gasteiger partial charge in [0.25, 0.3) is 0 Å². The Morgan fingerprint density at radius 1 is 0.893 bits per heavy atom. The van der Waals surface area contributed by atoms with Gasteiger partial charge in [0.2, 0.25) is 0 Å². The standard InChI is InChI=1S/C25H27NO2/c1-28-23-16-14-20(15-17-23)19-26-18-8-13-24(26)25(27,21-9-4-2-5-10-21)22-11-6-3-7-12-22/h2-7,9-12,14-17,24,27H,8,13,18-19H2,1H3. The molecule has 1 N–H and O–H groups in total. The number of hydrogen-bond donors (Lipinski definition) is 1. The Morgan fingerprint density at radius 2 is 1.46 bits per heavy atom. The van der Waals surface area contributed by atoms with E-state index in [-0.39, 0.29) is 6.04 Å². The molecule has 0 aliphatic carbocycles. The summed E-state index contributed by atoms with van der Waals surface area (Å²) in [5.41, 5.74) is 2.10. The van der Waals surface area contributed by atoms with Crippen LogP contribution in [-0.4, -0.2) is 29.7 Å². The van der Waals surface area contributed by atoms with Crippen LogP contribution in [0, 0.1) is 0 Å². The van der Waals surface area contributed by atoms with Crippen LogP contribution in [0.25, 0.3) is 0 Å². The van der Waals surface area contributed by atoms with Gasteiger partial charge in [0.05, 0.1) is 7.11 Å². The summed E-state index contributed by atoms with van der Waals surface area (Å²) >= 11 is 0. The summed E-state index contributed by atoms with van der Waals surface area (Å²) in [5.74, 6) is 0.867. The molecule has 1 aliphatic heterocycles. The molecule has 0 bridgehead atoms. The normalized spacial score (nSPS) is 17.6. The van der Waals surface area contributed by atoms with E-state index in [4.69, 9.17) is 4.74 Å². The fourth-order valence-corrected chi connectivity index (χ4v) is 4.39. The maximum atomic E-state index is 12.1. The summed E-state index contributed by atoms with van der Waals surface area (Å²) < 4.78 is 5.28. The van der Waals surface area contributed by atoms with Crippen molar-refractivity contribution in [3.8, 4) is 5.75 Å². The third kappa shape index (κ3) is 3.56. The summed E-state index contributed by atoms with van der Waals surface area (Å²) in [7, 11) is 1.69. The molecule has 3 heteroatoms. The van der Waals surface area contributed by atoms with Gasteiger partial charge in [0, 0.05) is 12.6 Å². The molecule has 0 saturated carbocycles. The van der Waals surface area contributed by atoms with Crippen molar-refractivity contribution in [3.63, 3.8) is 0 Å². The molecule has 0 radical (unpaired) electrons. The van der Waals surface area contributed by atoms with Crippen LogP contribution in [0.2, 0.25) is 0 Å². The molecular formula is C25H27NO2.